The van der Waals surface area contributed by atoms with Crippen molar-refractivity contribution < 1.29 is 29.0 Å². The number of carbonyl (C=O) groups is 3. The van der Waals surface area contributed by atoms with Crippen LogP contribution in [0.15, 0.2) is 41.8 Å². The molecule has 3 aromatic rings. The fraction of sp³-hybridized carbons (Fsp3) is 0.500. The number of nitrogens with one attached hydrogen (secondary N) is 1. The predicted molar refractivity (Wildman–Crippen MR) is 180 cm³/mol. The summed E-state index contributed by atoms with van der Waals surface area (Å²) in [6.45, 7) is 3.68. The molecule has 246 valence electrons. The number of Topliss-reactive ketones (excluding diaryl/α,β-unsaturated/α-hetero) is 1. The number of carbonyl (C=O) groups excluding carboxylic acids is 2. The van der Waals surface area contributed by atoms with E-state index in [2.05, 4.69) is 15.1 Å². The Labute approximate surface area is 282 Å². The highest BCUT2D eigenvalue weighted by atomic mass is 35.5. The minimum atomic E-state index is -1.34. The van der Waals surface area contributed by atoms with Crippen molar-refractivity contribution in [3.8, 4) is 0 Å². The average molecular weight is 689 g/mol. The Bertz CT molecular complexity index is 1580. The molecule has 46 heavy (non-hydrogen) atoms. The first-order valence-corrected chi connectivity index (χ1v) is 17.7. The third-order valence-corrected chi connectivity index (χ3v) is 11.0. The van der Waals surface area contributed by atoms with Crippen LogP contribution in [0.3, 0.4) is 0 Å². The molecule has 9 nitrogen and oxygen atoms in total. The molecule has 6 rings (SSSR count). The number of likely N-dealkylation sites (tertiary alicyclic amines) is 1. The van der Waals surface area contributed by atoms with Gasteiger partial charge in [0.1, 0.15) is 0 Å². The summed E-state index contributed by atoms with van der Waals surface area (Å²) < 4.78 is 13.8. The van der Waals surface area contributed by atoms with Crippen molar-refractivity contribution in [2.45, 2.75) is 63.3 Å². The fourth-order valence-electron chi connectivity index (χ4n) is 6.95. The van der Waals surface area contributed by atoms with E-state index >= 15 is 0 Å². The standard InChI is InChI=1S/C34H39Cl2N3O6S/c35-27-20-29(37-32(41)26-21-46-30-7-2-1-6-25(26)30)28(36)18-23(27)19-31(40)34(38-12-3-4-13-38,39-14-5-16-44-17-15-39)45-24-10-8-22(9-11-24)33(42)43/h1-2,6-7,18,20-22,24H,3-5,8-17,19H2,(H,37,41)(H,42,43). The molecule has 2 saturated heterocycles. The lowest BCUT2D eigenvalue weighted by Gasteiger charge is -2.49. The van der Waals surface area contributed by atoms with Gasteiger partial charge in [-0.25, -0.2) is 0 Å². The molecule has 2 aromatic carbocycles. The number of halogens is 2. The molecule has 1 unspecified atom stereocenters. The molecular formula is C34H39Cl2N3O6S. The third-order valence-electron chi connectivity index (χ3n) is 9.36. The van der Waals surface area contributed by atoms with Gasteiger partial charge in [-0.1, -0.05) is 41.4 Å². The highest BCUT2D eigenvalue weighted by Crippen LogP contribution is 2.38. The Morgan fingerprint density at radius 1 is 0.957 bits per heavy atom. The van der Waals surface area contributed by atoms with Crippen LogP contribution >= 0.6 is 34.5 Å². The molecule has 12 heteroatoms. The van der Waals surface area contributed by atoms with Crippen LogP contribution < -0.4 is 5.32 Å². The molecule has 2 aliphatic heterocycles. The molecule has 1 saturated carbocycles. The Balaban J connectivity index is 1.27. The van der Waals surface area contributed by atoms with Crippen LogP contribution in [-0.2, 0) is 25.5 Å². The summed E-state index contributed by atoms with van der Waals surface area (Å²) in [6.07, 6.45) is 4.57. The maximum Gasteiger partial charge on any atom is 0.306 e. The molecule has 0 spiro atoms. The van der Waals surface area contributed by atoms with Crippen LogP contribution in [-0.4, -0.2) is 83.9 Å². The highest BCUT2D eigenvalue weighted by molar-refractivity contribution is 7.17. The summed E-state index contributed by atoms with van der Waals surface area (Å²) in [6, 6.07) is 11.0. The summed E-state index contributed by atoms with van der Waals surface area (Å²) in [5, 5.41) is 15.7. The minimum Gasteiger partial charge on any atom is -0.481 e. The van der Waals surface area contributed by atoms with Crippen molar-refractivity contribution >= 4 is 68.0 Å². The number of thiophene rings is 1. The normalized spacial score (nSPS) is 22.7. The third kappa shape index (κ3) is 6.99. The SMILES string of the molecule is O=C(Nc1cc(Cl)c(CC(=O)C(OC2CCC(C(=O)O)CC2)(N2CCCC2)N2CCCOCC2)cc1Cl)c1csc2ccccc12. The van der Waals surface area contributed by atoms with Crippen molar-refractivity contribution in [3.05, 3.63) is 63.0 Å². The molecule has 1 amide bonds. The number of aliphatic carboxylic acids is 1. The maximum absolute atomic E-state index is 14.8. The average Bonchev–Trinajstić information content (AvgIpc) is 3.67. The van der Waals surface area contributed by atoms with Gasteiger partial charge < -0.3 is 19.9 Å². The summed E-state index contributed by atoms with van der Waals surface area (Å²) in [4.78, 5) is 43.9. The van der Waals surface area contributed by atoms with Crippen molar-refractivity contribution in [1.82, 2.24) is 9.80 Å². The minimum absolute atomic E-state index is 0.0275. The largest absolute Gasteiger partial charge is 0.481 e. The van der Waals surface area contributed by atoms with Gasteiger partial charge in [0.25, 0.3) is 5.91 Å². The number of fused-ring (bicyclic) bond motifs is 1. The van der Waals surface area contributed by atoms with E-state index in [-0.39, 0.29) is 35.2 Å². The van der Waals surface area contributed by atoms with Crippen LogP contribution in [0.2, 0.25) is 10.0 Å². The summed E-state index contributed by atoms with van der Waals surface area (Å²) in [7, 11) is 0. The number of nitrogens with zero attached hydrogens (tertiary/aromatic N) is 2. The number of ketones is 1. The second-order valence-electron chi connectivity index (χ2n) is 12.3. The van der Waals surface area contributed by atoms with Crippen molar-refractivity contribution in [2.75, 3.05) is 44.7 Å². The molecule has 3 aliphatic rings. The lowest BCUT2D eigenvalue weighted by Crippen LogP contribution is -2.68. The van der Waals surface area contributed by atoms with Gasteiger partial charge in [-0.2, -0.15) is 0 Å². The van der Waals surface area contributed by atoms with Crippen LogP contribution in [0.25, 0.3) is 10.1 Å². The lowest BCUT2D eigenvalue weighted by molar-refractivity contribution is -0.256. The molecule has 3 fully saturated rings. The Morgan fingerprint density at radius 3 is 2.43 bits per heavy atom. The summed E-state index contributed by atoms with van der Waals surface area (Å²) in [5.74, 6) is -2.94. The molecule has 0 radical (unpaired) electrons. The van der Waals surface area contributed by atoms with Crippen LogP contribution in [0.1, 0.15) is 60.9 Å². The first-order chi connectivity index (χ1) is 22.3. The Kier molecular flexibility index (Phi) is 10.6. The summed E-state index contributed by atoms with van der Waals surface area (Å²) >= 11 is 15.0. The van der Waals surface area contributed by atoms with Crippen LogP contribution in [0, 0.1) is 5.92 Å². The van der Waals surface area contributed by atoms with Crippen LogP contribution in [0.4, 0.5) is 5.69 Å². The van der Waals surface area contributed by atoms with E-state index < -0.39 is 11.8 Å². The van der Waals surface area contributed by atoms with Crippen LogP contribution in [0.5, 0.6) is 0 Å². The Morgan fingerprint density at radius 2 is 1.67 bits per heavy atom. The van der Waals surface area contributed by atoms with Crippen molar-refractivity contribution in [1.29, 1.82) is 0 Å². The van der Waals surface area contributed by atoms with Gasteiger partial charge in [0, 0.05) is 59.7 Å². The molecular weight excluding hydrogens is 649 g/mol. The lowest BCUT2D eigenvalue weighted by atomic mass is 9.87. The second kappa shape index (κ2) is 14.7. The number of anilines is 1. The zero-order chi connectivity index (χ0) is 32.3. The predicted octanol–water partition coefficient (Wildman–Crippen LogP) is 6.70. The van der Waals surface area contributed by atoms with E-state index in [1.165, 1.54) is 11.3 Å². The number of carboxylic acids is 1. The fourth-order valence-corrected chi connectivity index (χ4v) is 8.35. The van der Waals surface area contributed by atoms with E-state index in [0.29, 0.717) is 86.9 Å². The highest BCUT2D eigenvalue weighted by Gasteiger charge is 2.52. The van der Waals surface area contributed by atoms with Gasteiger partial charge in [-0.05, 0) is 68.7 Å². The maximum atomic E-state index is 14.8. The molecule has 1 aliphatic carbocycles. The van der Waals surface area contributed by atoms with Gasteiger partial charge in [0.05, 0.1) is 34.9 Å². The first kappa shape index (κ1) is 33.3. The van der Waals surface area contributed by atoms with E-state index in [1.807, 2.05) is 29.6 Å². The van der Waals surface area contributed by atoms with Crippen molar-refractivity contribution in [2.24, 2.45) is 5.92 Å². The number of amides is 1. The van der Waals surface area contributed by atoms with E-state index in [0.717, 1.165) is 29.3 Å². The molecule has 2 N–H and O–H groups in total. The number of rotatable bonds is 10. The van der Waals surface area contributed by atoms with Gasteiger partial charge in [-0.15, -0.1) is 11.3 Å². The number of carboxylic acid groups (broad SMARTS) is 1. The smallest absolute Gasteiger partial charge is 0.306 e. The van der Waals surface area contributed by atoms with E-state index in [4.69, 9.17) is 32.7 Å². The number of hydrogen-bond acceptors (Lipinski definition) is 8. The zero-order valence-electron chi connectivity index (χ0n) is 25.6. The monoisotopic (exact) mass is 687 g/mol. The van der Waals surface area contributed by atoms with E-state index in [1.54, 1.807) is 12.1 Å². The number of hydrogen-bond donors (Lipinski definition) is 2. The molecule has 3 heterocycles. The number of ether oxygens (including phenoxy) is 2. The van der Waals surface area contributed by atoms with Gasteiger partial charge in [0.2, 0.25) is 5.85 Å². The topological polar surface area (TPSA) is 108 Å². The summed E-state index contributed by atoms with van der Waals surface area (Å²) in [5.41, 5.74) is 1.46. The quantitative estimate of drug-likeness (QED) is 0.242. The van der Waals surface area contributed by atoms with Crippen molar-refractivity contribution in [3.63, 3.8) is 0 Å². The first-order valence-electron chi connectivity index (χ1n) is 16.0. The molecule has 1 aromatic heterocycles. The zero-order valence-corrected chi connectivity index (χ0v) is 28.0. The second-order valence-corrected chi connectivity index (χ2v) is 14.0. The molecule has 1 atom stereocenters. The van der Waals surface area contributed by atoms with Gasteiger partial charge in [0.15, 0.2) is 5.78 Å². The number of benzene rings is 2. The van der Waals surface area contributed by atoms with E-state index in [9.17, 15) is 19.5 Å². The Hall–Kier alpha value is -2.57. The molecule has 0 bridgehead atoms. The van der Waals surface area contributed by atoms with Gasteiger partial charge in [-0.3, -0.25) is 24.2 Å². The van der Waals surface area contributed by atoms with Gasteiger partial charge >= 0.3 is 5.97 Å².